The van der Waals surface area contributed by atoms with Gasteiger partial charge in [0.15, 0.2) is 5.76 Å². The van der Waals surface area contributed by atoms with Gasteiger partial charge in [-0.15, -0.1) is 11.3 Å². The molecule has 1 fully saturated rings. The molecule has 1 aliphatic heterocycles. The topological polar surface area (TPSA) is 56.8 Å². The first-order valence-electron chi connectivity index (χ1n) is 9.00. The van der Waals surface area contributed by atoms with Crippen LogP contribution in [0.5, 0.6) is 0 Å². The number of aryl methyl sites for hydroxylation is 1. The lowest BCUT2D eigenvalue weighted by atomic mass is 9.98. The van der Waals surface area contributed by atoms with Gasteiger partial charge < -0.3 is 14.1 Å². The number of hydrogen-bond donors (Lipinski definition) is 1. The Morgan fingerprint density at radius 1 is 1.42 bits per heavy atom. The van der Waals surface area contributed by atoms with E-state index >= 15 is 0 Å². The fourth-order valence-electron chi connectivity index (χ4n) is 3.78. The van der Waals surface area contributed by atoms with Crippen molar-refractivity contribution in [3.8, 4) is 0 Å². The maximum absolute atomic E-state index is 11.8. The smallest absolute Gasteiger partial charge is 0.341 e. The van der Waals surface area contributed by atoms with Crippen LogP contribution in [0.25, 0.3) is 10.2 Å². The van der Waals surface area contributed by atoms with E-state index in [2.05, 4.69) is 18.2 Å². The highest BCUT2D eigenvalue weighted by Crippen LogP contribution is 2.30. The summed E-state index contributed by atoms with van der Waals surface area (Å²) in [6.07, 6.45) is 2.37. The molecule has 136 valence electrons. The largest absolute Gasteiger partial charge is 0.465 e. The number of nitrogens with zero attached hydrogens (tertiary/aromatic N) is 1. The first-order valence-corrected chi connectivity index (χ1v) is 9.82. The molecule has 0 amide bonds. The summed E-state index contributed by atoms with van der Waals surface area (Å²) >= 11 is 1.82. The molecule has 0 saturated carbocycles. The first kappa shape index (κ1) is 17.2. The quantitative estimate of drug-likeness (QED) is 0.717. The number of thiazole rings is 1. The number of carbonyl (C=O) groups excluding carboxylic acids is 1. The van der Waals surface area contributed by atoms with E-state index in [1.807, 2.05) is 30.4 Å². The van der Waals surface area contributed by atoms with Crippen LogP contribution in [0.3, 0.4) is 0 Å². The second-order valence-electron chi connectivity index (χ2n) is 6.91. The monoisotopic (exact) mass is 371 g/mol. The molecule has 5 nitrogen and oxygen atoms in total. The molecule has 1 N–H and O–H groups in total. The standard InChI is InChI=1S/C20H22N2O3S/c1-13-16(20(23)24-2)10-15(25-13)12-22-9-5-6-14(11-22)19-21-17-7-3-4-8-18(17)26-19/h3-4,7-8,10,14H,5-6,9,11-12H2,1-2H3/p+1/t14-/m1/s1. The lowest BCUT2D eigenvalue weighted by molar-refractivity contribution is -0.921. The number of para-hydroxylation sites is 1. The SMILES string of the molecule is COC(=O)c1cc(C[NH+]2CCC[C@@H](c3nc4ccccc4s3)C2)oc1C. The van der Waals surface area contributed by atoms with Gasteiger partial charge in [0.1, 0.15) is 22.9 Å². The van der Waals surface area contributed by atoms with Crippen LogP contribution in [0.2, 0.25) is 0 Å². The van der Waals surface area contributed by atoms with Gasteiger partial charge in [-0.2, -0.15) is 0 Å². The average molecular weight is 371 g/mol. The Balaban J connectivity index is 1.47. The Morgan fingerprint density at radius 3 is 3.08 bits per heavy atom. The van der Waals surface area contributed by atoms with Crippen LogP contribution in [0, 0.1) is 6.92 Å². The number of likely N-dealkylation sites (tertiary alicyclic amines) is 1. The van der Waals surface area contributed by atoms with Gasteiger partial charge in [0, 0.05) is 6.07 Å². The number of furan rings is 1. The van der Waals surface area contributed by atoms with Gasteiger partial charge in [-0.1, -0.05) is 12.1 Å². The first-order chi connectivity index (χ1) is 12.6. The fourth-order valence-corrected chi connectivity index (χ4v) is 4.88. The number of quaternary nitrogens is 1. The van der Waals surface area contributed by atoms with Crippen LogP contribution in [-0.2, 0) is 11.3 Å². The van der Waals surface area contributed by atoms with Crippen LogP contribution < -0.4 is 4.90 Å². The summed E-state index contributed by atoms with van der Waals surface area (Å²) in [5, 5.41) is 1.24. The molecule has 2 aromatic heterocycles. The van der Waals surface area contributed by atoms with Crippen molar-refractivity contribution in [2.24, 2.45) is 0 Å². The van der Waals surface area contributed by atoms with Crippen LogP contribution >= 0.6 is 11.3 Å². The molecule has 3 heterocycles. The zero-order valence-corrected chi connectivity index (χ0v) is 15.9. The average Bonchev–Trinajstić information content (AvgIpc) is 3.24. The highest BCUT2D eigenvalue weighted by atomic mass is 32.1. The highest BCUT2D eigenvalue weighted by molar-refractivity contribution is 7.18. The van der Waals surface area contributed by atoms with E-state index in [1.165, 1.54) is 34.6 Å². The van der Waals surface area contributed by atoms with E-state index in [0.717, 1.165) is 30.9 Å². The van der Waals surface area contributed by atoms with Crippen molar-refractivity contribution in [1.82, 2.24) is 4.98 Å². The number of fused-ring (bicyclic) bond motifs is 1. The molecule has 0 aliphatic carbocycles. The molecule has 1 aromatic carbocycles. The molecule has 1 unspecified atom stereocenters. The van der Waals surface area contributed by atoms with E-state index in [1.54, 1.807) is 0 Å². The fraction of sp³-hybridized carbons (Fsp3) is 0.400. The van der Waals surface area contributed by atoms with Crippen molar-refractivity contribution < 1.29 is 18.8 Å². The number of rotatable bonds is 4. The van der Waals surface area contributed by atoms with Crippen molar-refractivity contribution >= 4 is 27.5 Å². The van der Waals surface area contributed by atoms with Crippen molar-refractivity contribution in [2.45, 2.75) is 32.2 Å². The third-order valence-electron chi connectivity index (χ3n) is 5.08. The van der Waals surface area contributed by atoms with Crippen molar-refractivity contribution in [3.63, 3.8) is 0 Å². The Morgan fingerprint density at radius 2 is 2.27 bits per heavy atom. The molecule has 4 rings (SSSR count). The predicted octanol–water partition coefficient (Wildman–Crippen LogP) is 2.95. The van der Waals surface area contributed by atoms with Gasteiger partial charge in [-0.3, -0.25) is 0 Å². The number of aromatic nitrogens is 1. The number of hydrogen-bond acceptors (Lipinski definition) is 5. The third kappa shape index (κ3) is 3.39. The Labute approximate surface area is 156 Å². The summed E-state index contributed by atoms with van der Waals surface area (Å²) in [5.41, 5.74) is 1.63. The summed E-state index contributed by atoms with van der Waals surface area (Å²) in [6.45, 7) is 4.77. The van der Waals surface area contributed by atoms with E-state index in [0.29, 0.717) is 17.2 Å². The number of nitrogens with one attached hydrogen (secondary N) is 1. The molecule has 0 spiro atoms. The maximum atomic E-state index is 11.8. The molecular weight excluding hydrogens is 348 g/mol. The predicted molar refractivity (Wildman–Crippen MR) is 101 cm³/mol. The van der Waals surface area contributed by atoms with Crippen LogP contribution in [0.4, 0.5) is 0 Å². The second-order valence-corrected chi connectivity index (χ2v) is 7.98. The minimum Gasteiger partial charge on any atom is -0.465 e. The summed E-state index contributed by atoms with van der Waals surface area (Å²) in [6, 6.07) is 10.2. The van der Waals surface area contributed by atoms with Crippen molar-refractivity contribution in [1.29, 1.82) is 0 Å². The summed E-state index contributed by atoms with van der Waals surface area (Å²) in [4.78, 5) is 18.1. The maximum Gasteiger partial charge on any atom is 0.341 e. The molecule has 0 bridgehead atoms. The highest BCUT2D eigenvalue weighted by Gasteiger charge is 2.28. The molecular formula is C20H23N2O3S+. The lowest BCUT2D eigenvalue weighted by Gasteiger charge is -2.28. The van der Waals surface area contributed by atoms with E-state index in [4.69, 9.17) is 14.1 Å². The van der Waals surface area contributed by atoms with Gasteiger partial charge in [0.05, 0.1) is 36.3 Å². The number of carbonyl (C=O) groups is 1. The molecule has 3 aromatic rings. The Kier molecular flexibility index (Phi) is 4.78. The molecule has 6 heteroatoms. The number of piperidine rings is 1. The summed E-state index contributed by atoms with van der Waals surface area (Å²) in [7, 11) is 1.40. The van der Waals surface area contributed by atoms with Gasteiger partial charge in [0.25, 0.3) is 0 Å². The minimum atomic E-state index is -0.335. The Hall–Kier alpha value is -2.18. The summed E-state index contributed by atoms with van der Waals surface area (Å²) in [5.74, 6) is 1.64. The third-order valence-corrected chi connectivity index (χ3v) is 6.27. The second kappa shape index (κ2) is 7.21. The van der Waals surface area contributed by atoms with E-state index < -0.39 is 0 Å². The van der Waals surface area contributed by atoms with Crippen LogP contribution in [0.15, 0.2) is 34.7 Å². The molecule has 26 heavy (non-hydrogen) atoms. The molecule has 2 atom stereocenters. The van der Waals surface area contributed by atoms with Gasteiger partial charge >= 0.3 is 5.97 Å². The van der Waals surface area contributed by atoms with Crippen molar-refractivity contribution in [2.75, 3.05) is 20.2 Å². The van der Waals surface area contributed by atoms with Gasteiger partial charge in [-0.05, 0) is 31.9 Å². The molecule has 1 saturated heterocycles. The number of ether oxygens (including phenoxy) is 1. The van der Waals surface area contributed by atoms with Crippen molar-refractivity contribution in [3.05, 3.63) is 52.4 Å². The van der Waals surface area contributed by atoms with Gasteiger partial charge in [0.2, 0.25) is 0 Å². The zero-order chi connectivity index (χ0) is 18.1. The van der Waals surface area contributed by atoms with Crippen LogP contribution in [-0.4, -0.2) is 31.2 Å². The number of esters is 1. The summed E-state index contributed by atoms with van der Waals surface area (Å²) < 4.78 is 11.9. The zero-order valence-electron chi connectivity index (χ0n) is 15.1. The number of methoxy groups -OCH3 is 1. The lowest BCUT2D eigenvalue weighted by Crippen LogP contribution is -3.12. The normalized spacial score (nSPS) is 20.4. The van der Waals surface area contributed by atoms with E-state index in [-0.39, 0.29) is 5.97 Å². The minimum absolute atomic E-state index is 0.335. The molecule has 0 radical (unpaired) electrons. The number of benzene rings is 1. The molecule has 1 aliphatic rings. The van der Waals surface area contributed by atoms with Crippen LogP contribution in [0.1, 0.15) is 45.6 Å². The Bertz CT molecular complexity index is 897. The van der Waals surface area contributed by atoms with Gasteiger partial charge in [-0.25, -0.2) is 9.78 Å². The van der Waals surface area contributed by atoms with E-state index in [9.17, 15) is 4.79 Å².